The number of allylic oxidation sites excluding steroid dienone is 1. The molecule has 4 nitrogen and oxygen atoms in total. The molecule has 16 heavy (non-hydrogen) atoms. The first-order chi connectivity index (χ1) is 7.81. The van der Waals surface area contributed by atoms with Crippen molar-refractivity contribution in [3.63, 3.8) is 0 Å². The van der Waals surface area contributed by atoms with Crippen LogP contribution in [0.25, 0.3) is 0 Å². The fourth-order valence-corrected chi connectivity index (χ4v) is 2.03. The number of carbonyl (C=O) groups excluding carboxylic acids is 1. The first-order valence-corrected chi connectivity index (χ1v) is 5.91. The second-order valence-corrected chi connectivity index (χ2v) is 4.30. The SMILES string of the molecule is COCCOC(=O)N1CCC(=C2CC2)CC1. The van der Waals surface area contributed by atoms with E-state index in [-0.39, 0.29) is 6.09 Å². The van der Waals surface area contributed by atoms with E-state index in [0.29, 0.717) is 13.2 Å². The molecule has 1 aliphatic carbocycles. The smallest absolute Gasteiger partial charge is 0.409 e. The zero-order valence-corrected chi connectivity index (χ0v) is 9.83. The quantitative estimate of drug-likeness (QED) is 0.544. The highest BCUT2D eigenvalue weighted by Gasteiger charge is 2.24. The van der Waals surface area contributed by atoms with Gasteiger partial charge in [-0.25, -0.2) is 4.79 Å². The highest BCUT2D eigenvalue weighted by Crippen LogP contribution is 2.36. The number of amides is 1. The molecule has 0 N–H and O–H groups in total. The van der Waals surface area contributed by atoms with E-state index in [9.17, 15) is 4.79 Å². The molecule has 0 atom stereocenters. The Morgan fingerprint density at radius 1 is 1.12 bits per heavy atom. The van der Waals surface area contributed by atoms with Gasteiger partial charge < -0.3 is 14.4 Å². The van der Waals surface area contributed by atoms with Gasteiger partial charge >= 0.3 is 6.09 Å². The van der Waals surface area contributed by atoms with Gasteiger partial charge in [0.1, 0.15) is 6.61 Å². The van der Waals surface area contributed by atoms with Gasteiger partial charge in [0.25, 0.3) is 0 Å². The summed E-state index contributed by atoms with van der Waals surface area (Å²) in [5.74, 6) is 0. The van der Waals surface area contributed by atoms with Crippen LogP contribution in [0.2, 0.25) is 0 Å². The van der Waals surface area contributed by atoms with Gasteiger partial charge in [0.2, 0.25) is 0 Å². The minimum Gasteiger partial charge on any atom is -0.447 e. The maximum atomic E-state index is 11.6. The highest BCUT2D eigenvalue weighted by molar-refractivity contribution is 5.67. The van der Waals surface area contributed by atoms with E-state index in [1.807, 2.05) is 0 Å². The average Bonchev–Trinajstić information content (AvgIpc) is 3.13. The predicted molar refractivity (Wildman–Crippen MR) is 60.3 cm³/mol. The molecule has 1 heterocycles. The lowest BCUT2D eigenvalue weighted by molar-refractivity contribution is 0.0700. The fraction of sp³-hybridized carbons (Fsp3) is 0.750. The molecule has 0 aromatic heterocycles. The monoisotopic (exact) mass is 225 g/mol. The molecule has 4 heteroatoms. The van der Waals surface area contributed by atoms with Gasteiger partial charge in [-0.15, -0.1) is 0 Å². The summed E-state index contributed by atoms with van der Waals surface area (Å²) < 4.78 is 9.91. The first kappa shape index (κ1) is 11.5. The zero-order chi connectivity index (χ0) is 11.4. The second kappa shape index (κ2) is 5.34. The van der Waals surface area contributed by atoms with Crippen molar-refractivity contribution >= 4 is 6.09 Å². The minimum absolute atomic E-state index is 0.197. The Balaban J connectivity index is 1.71. The number of hydrogen-bond acceptors (Lipinski definition) is 3. The van der Waals surface area contributed by atoms with Gasteiger partial charge in [-0.2, -0.15) is 0 Å². The lowest BCUT2D eigenvalue weighted by Crippen LogP contribution is -2.37. The van der Waals surface area contributed by atoms with Gasteiger partial charge in [-0.1, -0.05) is 11.1 Å². The van der Waals surface area contributed by atoms with Crippen molar-refractivity contribution in [2.75, 3.05) is 33.4 Å². The molecule has 0 unspecified atom stereocenters. The third-order valence-corrected chi connectivity index (χ3v) is 3.14. The fourth-order valence-electron chi connectivity index (χ4n) is 2.03. The summed E-state index contributed by atoms with van der Waals surface area (Å²) in [7, 11) is 1.60. The molecule has 1 saturated heterocycles. The Morgan fingerprint density at radius 2 is 1.75 bits per heavy atom. The first-order valence-electron chi connectivity index (χ1n) is 5.91. The molecule has 0 spiro atoms. The van der Waals surface area contributed by atoms with Crippen LogP contribution >= 0.6 is 0 Å². The number of piperidine rings is 1. The maximum absolute atomic E-state index is 11.6. The third-order valence-electron chi connectivity index (χ3n) is 3.14. The molecule has 2 fully saturated rings. The summed E-state index contributed by atoms with van der Waals surface area (Å²) >= 11 is 0. The summed E-state index contributed by atoms with van der Waals surface area (Å²) in [5.41, 5.74) is 3.22. The Labute approximate surface area is 96.2 Å². The highest BCUT2D eigenvalue weighted by atomic mass is 16.6. The Morgan fingerprint density at radius 3 is 2.31 bits per heavy atom. The van der Waals surface area contributed by atoms with Crippen LogP contribution in [0.1, 0.15) is 25.7 Å². The van der Waals surface area contributed by atoms with E-state index in [2.05, 4.69) is 0 Å². The average molecular weight is 225 g/mol. The van der Waals surface area contributed by atoms with E-state index < -0.39 is 0 Å². The van der Waals surface area contributed by atoms with Crippen molar-refractivity contribution in [3.05, 3.63) is 11.1 Å². The lowest BCUT2D eigenvalue weighted by Gasteiger charge is -2.27. The van der Waals surface area contributed by atoms with Gasteiger partial charge in [-0.3, -0.25) is 0 Å². The summed E-state index contributed by atoms with van der Waals surface area (Å²) in [4.78, 5) is 13.4. The van der Waals surface area contributed by atoms with Crippen LogP contribution in [0.3, 0.4) is 0 Å². The van der Waals surface area contributed by atoms with Crippen LogP contribution in [-0.2, 0) is 9.47 Å². The van der Waals surface area contributed by atoms with Gasteiger partial charge in [0, 0.05) is 20.2 Å². The number of nitrogens with zero attached hydrogens (tertiary/aromatic N) is 1. The van der Waals surface area contributed by atoms with Crippen molar-refractivity contribution in [1.29, 1.82) is 0 Å². The molecule has 2 aliphatic rings. The molecule has 0 aromatic carbocycles. The van der Waals surface area contributed by atoms with Crippen LogP contribution in [0.15, 0.2) is 11.1 Å². The maximum Gasteiger partial charge on any atom is 0.409 e. The van der Waals surface area contributed by atoms with E-state index in [1.54, 1.807) is 23.2 Å². The van der Waals surface area contributed by atoms with Crippen LogP contribution in [0, 0.1) is 0 Å². The summed E-state index contributed by atoms with van der Waals surface area (Å²) in [6, 6.07) is 0. The number of carbonyl (C=O) groups is 1. The summed E-state index contributed by atoms with van der Waals surface area (Å²) in [6.45, 7) is 2.43. The zero-order valence-electron chi connectivity index (χ0n) is 9.83. The Hall–Kier alpha value is -1.03. The van der Waals surface area contributed by atoms with Crippen molar-refractivity contribution in [3.8, 4) is 0 Å². The summed E-state index contributed by atoms with van der Waals surface area (Å²) in [5, 5.41) is 0. The van der Waals surface area contributed by atoms with Gasteiger partial charge in [0.05, 0.1) is 6.61 Å². The molecule has 0 aromatic rings. The molecule has 90 valence electrons. The molecular weight excluding hydrogens is 206 g/mol. The second-order valence-electron chi connectivity index (χ2n) is 4.30. The Bertz CT molecular complexity index is 283. The number of ether oxygens (including phenoxy) is 2. The van der Waals surface area contributed by atoms with Crippen LogP contribution < -0.4 is 0 Å². The molecule has 1 saturated carbocycles. The van der Waals surface area contributed by atoms with E-state index in [0.717, 1.165) is 25.9 Å². The van der Waals surface area contributed by atoms with Crippen molar-refractivity contribution in [1.82, 2.24) is 4.90 Å². The number of hydrogen-bond donors (Lipinski definition) is 0. The van der Waals surface area contributed by atoms with Gasteiger partial charge in [0.15, 0.2) is 0 Å². The van der Waals surface area contributed by atoms with E-state index >= 15 is 0 Å². The minimum atomic E-state index is -0.197. The largest absolute Gasteiger partial charge is 0.447 e. The van der Waals surface area contributed by atoms with Crippen LogP contribution in [0.4, 0.5) is 4.79 Å². The molecule has 1 aliphatic heterocycles. The summed E-state index contributed by atoms with van der Waals surface area (Å²) in [6.07, 6.45) is 4.45. The topological polar surface area (TPSA) is 38.8 Å². The molecule has 0 bridgehead atoms. The Kier molecular flexibility index (Phi) is 3.83. The normalized spacial score (nSPS) is 19.9. The van der Waals surface area contributed by atoms with Crippen molar-refractivity contribution < 1.29 is 14.3 Å². The third kappa shape index (κ3) is 2.98. The van der Waals surface area contributed by atoms with Crippen molar-refractivity contribution in [2.24, 2.45) is 0 Å². The number of methoxy groups -OCH3 is 1. The molecular formula is C12H19NO3. The number of rotatable bonds is 3. The van der Waals surface area contributed by atoms with E-state index in [1.165, 1.54) is 12.8 Å². The molecule has 1 amide bonds. The molecule has 2 rings (SSSR count). The van der Waals surface area contributed by atoms with Crippen molar-refractivity contribution in [2.45, 2.75) is 25.7 Å². The van der Waals surface area contributed by atoms with E-state index in [4.69, 9.17) is 9.47 Å². The predicted octanol–water partition coefficient (Wildman–Crippen LogP) is 1.96. The van der Waals surface area contributed by atoms with Crippen LogP contribution in [0.5, 0.6) is 0 Å². The standard InChI is InChI=1S/C12H19NO3/c1-15-8-9-16-12(14)13-6-4-11(5-7-13)10-2-3-10/h2-9H2,1H3. The number of likely N-dealkylation sites (tertiary alicyclic amines) is 1. The molecule has 0 radical (unpaired) electrons. The lowest BCUT2D eigenvalue weighted by atomic mass is 10.0. The van der Waals surface area contributed by atoms with Gasteiger partial charge in [-0.05, 0) is 25.7 Å². The van der Waals surface area contributed by atoms with Crippen LogP contribution in [-0.4, -0.2) is 44.4 Å².